The van der Waals surface area contributed by atoms with Crippen LogP contribution in [0.3, 0.4) is 0 Å². The minimum Gasteiger partial charge on any atom is -0.409 e. The molecule has 5 nitrogen and oxygen atoms in total. The van der Waals surface area contributed by atoms with E-state index in [1.807, 2.05) is 18.2 Å². The quantitative estimate of drug-likeness (QED) is 0.341. The SMILES string of the molecule is N/C(=N\O)C(NC(=O)c1ccc(Br)s1)c1ccccc1. The summed E-state index contributed by atoms with van der Waals surface area (Å²) >= 11 is 4.62. The first-order chi connectivity index (χ1) is 9.61. The van der Waals surface area contributed by atoms with Gasteiger partial charge in [0, 0.05) is 0 Å². The zero-order valence-electron chi connectivity index (χ0n) is 10.3. The Kier molecular flexibility index (Phi) is 4.75. The van der Waals surface area contributed by atoms with Crippen molar-refractivity contribution in [2.75, 3.05) is 0 Å². The molecule has 1 aromatic heterocycles. The summed E-state index contributed by atoms with van der Waals surface area (Å²) in [5.74, 6) is -0.346. The number of halogens is 1. The molecule has 7 heteroatoms. The molecule has 0 spiro atoms. The smallest absolute Gasteiger partial charge is 0.262 e. The van der Waals surface area contributed by atoms with Crippen LogP contribution >= 0.6 is 27.3 Å². The first-order valence-corrected chi connectivity index (χ1v) is 7.31. The van der Waals surface area contributed by atoms with Gasteiger partial charge in [-0.15, -0.1) is 11.3 Å². The molecule has 0 aliphatic rings. The number of carbonyl (C=O) groups excluding carboxylic acids is 1. The van der Waals surface area contributed by atoms with Crippen molar-refractivity contribution in [3.8, 4) is 0 Å². The third-order valence-electron chi connectivity index (χ3n) is 2.62. The highest BCUT2D eigenvalue weighted by Crippen LogP contribution is 2.23. The van der Waals surface area contributed by atoms with Crippen molar-refractivity contribution in [3.05, 3.63) is 56.7 Å². The van der Waals surface area contributed by atoms with Gasteiger partial charge in [0.05, 0.1) is 8.66 Å². The van der Waals surface area contributed by atoms with Crippen molar-refractivity contribution >= 4 is 39.0 Å². The zero-order chi connectivity index (χ0) is 14.5. The molecule has 0 aliphatic carbocycles. The number of carbonyl (C=O) groups is 1. The van der Waals surface area contributed by atoms with Gasteiger partial charge in [0.1, 0.15) is 6.04 Å². The van der Waals surface area contributed by atoms with Gasteiger partial charge in [0.15, 0.2) is 5.84 Å². The number of nitrogens with zero attached hydrogens (tertiary/aromatic N) is 1. The van der Waals surface area contributed by atoms with Crippen molar-refractivity contribution in [2.24, 2.45) is 10.9 Å². The first kappa shape index (κ1) is 14.5. The van der Waals surface area contributed by atoms with Gasteiger partial charge in [0.2, 0.25) is 0 Å². The Hall–Kier alpha value is -1.86. The molecule has 0 saturated heterocycles. The Labute approximate surface area is 128 Å². The van der Waals surface area contributed by atoms with E-state index in [4.69, 9.17) is 10.9 Å². The molecule has 1 heterocycles. The largest absolute Gasteiger partial charge is 0.409 e. The van der Waals surface area contributed by atoms with Crippen molar-refractivity contribution in [3.63, 3.8) is 0 Å². The summed E-state index contributed by atoms with van der Waals surface area (Å²) in [7, 11) is 0. The number of benzene rings is 1. The number of oxime groups is 1. The van der Waals surface area contributed by atoms with Crippen molar-refractivity contribution in [2.45, 2.75) is 6.04 Å². The van der Waals surface area contributed by atoms with E-state index >= 15 is 0 Å². The lowest BCUT2D eigenvalue weighted by Gasteiger charge is -2.17. The van der Waals surface area contributed by atoms with Crippen LogP contribution in [-0.4, -0.2) is 17.0 Å². The highest BCUT2D eigenvalue weighted by Gasteiger charge is 2.20. The van der Waals surface area contributed by atoms with E-state index in [0.29, 0.717) is 4.88 Å². The van der Waals surface area contributed by atoms with E-state index < -0.39 is 6.04 Å². The van der Waals surface area contributed by atoms with Crippen molar-refractivity contribution in [1.29, 1.82) is 0 Å². The molecular weight excluding hydrogens is 342 g/mol. The lowest BCUT2D eigenvalue weighted by atomic mass is 10.1. The van der Waals surface area contributed by atoms with Crippen LogP contribution in [0.15, 0.2) is 51.4 Å². The molecule has 2 rings (SSSR count). The average Bonchev–Trinajstić information content (AvgIpc) is 2.91. The Bertz CT molecular complexity index is 628. The fraction of sp³-hybridized carbons (Fsp3) is 0.0769. The van der Waals surface area contributed by atoms with Gasteiger partial charge in [-0.3, -0.25) is 4.79 Å². The second-order valence-electron chi connectivity index (χ2n) is 3.95. The van der Waals surface area contributed by atoms with Crippen LogP contribution in [0.4, 0.5) is 0 Å². The van der Waals surface area contributed by atoms with Crippen LogP contribution in [0.1, 0.15) is 21.3 Å². The van der Waals surface area contributed by atoms with Gasteiger partial charge in [0.25, 0.3) is 5.91 Å². The predicted molar refractivity (Wildman–Crippen MR) is 82.1 cm³/mol. The number of amides is 1. The molecule has 104 valence electrons. The molecule has 1 amide bonds. The molecule has 0 aliphatic heterocycles. The third-order valence-corrected chi connectivity index (χ3v) is 4.24. The van der Waals surface area contributed by atoms with Gasteiger partial charge in [-0.25, -0.2) is 0 Å². The normalized spacial score (nSPS) is 12.9. The number of hydrogen-bond donors (Lipinski definition) is 3. The van der Waals surface area contributed by atoms with E-state index in [0.717, 1.165) is 9.35 Å². The highest BCUT2D eigenvalue weighted by molar-refractivity contribution is 9.11. The van der Waals surface area contributed by atoms with E-state index in [9.17, 15) is 4.79 Å². The molecule has 0 radical (unpaired) electrons. The molecule has 0 bridgehead atoms. The Morgan fingerprint density at radius 3 is 2.55 bits per heavy atom. The fourth-order valence-electron chi connectivity index (χ4n) is 1.67. The molecule has 4 N–H and O–H groups in total. The maximum absolute atomic E-state index is 12.1. The fourth-order valence-corrected chi connectivity index (χ4v) is 2.96. The molecule has 0 saturated carbocycles. The standard InChI is InChI=1S/C13H12BrN3O2S/c14-10-7-6-9(20-10)13(18)16-11(12(15)17-19)8-4-2-1-3-5-8/h1-7,11,19H,(H2,15,17)(H,16,18). The van der Waals surface area contributed by atoms with Gasteiger partial charge >= 0.3 is 0 Å². The summed E-state index contributed by atoms with van der Waals surface area (Å²) in [5, 5.41) is 14.6. The monoisotopic (exact) mass is 353 g/mol. The van der Waals surface area contributed by atoms with E-state index in [-0.39, 0.29) is 11.7 Å². The molecule has 20 heavy (non-hydrogen) atoms. The topological polar surface area (TPSA) is 87.7 Å². The van der Waals surface area contributed by atoms with Gasteiger partial charge in [-0.05, 0) is 33.6 Å². The maximum atomic E-state index is 12.1. The molecule has 2 aromatic rings. The minimum atomic E-state index is -0.672. The Morgan fingerprint density at radius 1 is 1.30 bits per heavy atom. The summed E-state index contributed by atoms with van der Waals surface area (Å²) in [6.07, 6.45) is 0. The average molecular weight is 354 g/mol. The second-order valence-corrected chi connectivity index (χ2v) is 6.41. The summed E-state index contributed by atoms with van der Waals surface area (Å²) in [6.45, 7) is 0. The number of amidine groups is 1. The number of hydrogen-bond acceptors (Lipinski definition) is 4. The van der Waals surface area contributed by atoms with Gasteiger partial charge in [-0.1, -0.05) is 35.5 Å². The Balaban J connectivity index is 2.23. The number of rotatable bonds is 4. The van der Waals surface area contributed by atoms with E-state index in [1.165, 1.54) is 11.3 Å². The van der Waals surface area contributed by atoms with E-state index in [1.54, 1.807) is 24.3 Å². The molecule has 0 fully saturated rings. The summed E-state index contributed by atoms with van der Waals surface area (Å²) in [5.41, 5.74) is 6.40. The summed E-state index contributed by atoms with van der Waals surface area (Å²) in [4.78, 5) is 12.7. The zero-order valence-corrected chi connectivity index (χ0v) is 12.7. The van der Waals surface area contributed by atoms with Crippen LogP contribution in [0.2, 0.25) is 0 Å². The predicted octanol–water partition coefficient (Wildman–Crippen LogP) is 2.73. The van der Waals surface area contributed by atoms with Crippen LogP contribution in [0.5, 0.6) is 0 Å². The van der Waals surface area contributed by atoms with Crippen molar-refractivity contribution in [1.82, 2.24) is 5.32 Å². The highest BCUT2D eigenvalue weighted by atomic mass is 79.9. The Morgan fingerprint density at radius 2 is 2.00 bits per heavy atom. The molecular formula is C13H12BrN3O2S. The van der Waals surface area contributed by atoms with E-state index in [2.05, 4.69) is 26.4 Å². The summed E-state index contributed by atoms with van der Waals surface area (Å²) < 4.78 is 0.864. The number of thiophene rings is 1. The first-order valence-electron chi connectivity index (χ1n) is 5.70. The molecule has 1 aromatic carbocycles. The number of nitrogens with two attached hydrogens (primary N) is 1. The lowest BCUT2D eigenvalue weighted by molar-refractivity contribution is 0.0950. The minimum absolute atomic E-state index is 0.0693. The molecule has 1 unspecified atom stereocenters. The second kappa shape index (κ2) is 6.53. The summed E-state index contributed by atoms with van der Waals surface area (Å²) in [6, 6.07) is 11.9. The lowest BCUT2D eigenvalue weighted by Crippen LogP contribution is -2.37. The van der Waals surface area contributed by atoms with Gasteiger partial charge < -0.3 is 16.3 Å². The molecule has 1 atom stereocenters. The van der Waals surface area contributed by atoms with Crippen LogP contribution in [0.25, 0.3) is 0 Å². The van der Waals surface area contributed by atoms with Crippen LogP contribution in [0, 0.1) is 0 Å². The van der Waals surface area contributed by atoms with Crippen molar-refractivity contribution < 1.29 is 10.0 Å². The third kappa shape index (κ3) is 3.37. The maximum Gasteiger partial charge on any atom is 0.262 e. The number of nitrogens with one attached hydrogen (secondary N) is 1. The van der Waals surface area contributed by atoms with Crippen LogP contribution in [-0.2, 0) is 0 Å². The van der Waals surface area contributed by atoms with Crippen LogP contribution < -0.4 is 11.1 Å². The van der Waals surface area contributed by atoms with Gasteiger partial charge in [-0.2, -0.15) is 0 Å².